The molecule has 9 nitrogen and oxygen atoms in total. The molecule has 0 spiro atoms. The zero-order valence-corrected chi connectivity index (χ0v) is 15.6. The fourth-order valence-electron chi connectivity index (χ4n) is 2.37. The lowest BCUT2D eigenvalue weighted by atomic mass is 10.0. The number of hydrogen-bond donors (Lipinski definition) is 3. The van der Waals surface area contributed by atoms with Crippen LogP contribution in [-0.2, 0) is 4.79 Å². The van der Waals surface area contributed by atoms with Crippen molar-refractivity contribution in [3.8, 4) is 5.75 Å². The monoisotopic (exact) mass is 402 g/mol. The fraction of sp³-hybridized carbons (Fsp3) is 0.211. The Morgan fingerprint density at radius 3 is 2.45 bits per heavy atom. The van der Waals surface area contributed by atoms with Crippen molar-refractivity contribution in [3.05, 3.63) is 69.5 Å². The quantitative estimate of drug-likeness (QED) is 0.371. The minimum Gasteiger partial charge on any atom is -0.502 e. The number of rotatable bonds is 7. The molecule has 0 saturated heterocycles. The van der Waals surface area contributed by atoms with Crippen LogP contribution >= 0.6 is 0 Å². The van der Waals surface area contributed by atoms with E-state index in [9.17, 15) is 29.2 Å². The number of nitro benzene ring substituents is 1. The van der Waals surface area contributed by atoms with Crippen LogP contribution in [0, 0.1) is 21.8 Å². The fourth-order valence-corrected chi connectivity index (χ4v) is 2.37. The Balaban J connectivity index is 2.05. The van der Waals surface area contributed by atoms with Crippen LogP contribution in [0.3, 0.4) is 0 Å². The number of nitrogens with one attached hydrogen (secondary N) is 2. The van der Waals surface area contributed by atoms with Gasteiger partial charge in [-0.15, -0.1) is 0 Å². The number of aromatic hydroxyl groups is 1. The molecule has 0 heterocycles. The van der Waals surface area contributed by atoms with E-state index in [0.29, 0.717) is 0 Å². The second kappa shape index (κ2) is 9.40. The molecule has 0 saturated carbocycles. The van der Waals surface area contributed by atoms with Crippen LogP contribution in [0.5, 0.6) is 5.75 Å². The van der Waals surface area contributed by atoms with Crippen LogP contribution in [0.2, 0.25) is 0 Å². The maximum absolute atomic E-state index is 13.0. The topological polar surface area (TPSA) is 134 Å². The number of nitrogens with zero attached hydrogens (tertiary/aromatic N) is 2. The van der Waals surface area contributed by atoms with Crippen molar-refractivity contribution >= 4 is 23.7 Å². The van der Waals surface area contributed by atoms with Crippen molar-refractivity contribution in [1.82, 2.24) is 10.7 Å². The van der Waals surface area contributed by atoms with Gasteiger partial charge in [-0.1, -0.05) is 13.8 Å². The van der Waals surface area contributed by atoms with Gasteiger partial charge in [0.2, 0.25) is 0 Å². The van der Waals surface area contributed by atoms with Gasteiger partial charge < -0.3 is 10.4 Å². The SMILES string of the molecule is CC(C)C(NC(=O)c1ccc(F)cc1)C(=O)NN=Cc1ccc(O)c([N+](=O)[O-])c1. The number of carbonyl (C=O) groups is 2. The summed E-state index contributed by atoms with van der Waals surface area (Å²) < 4.78 is 13.0. The molecule has 1 unspecified atom stereocenters. The molecule has 2 aromatic rings. The van der Waals surface area contributed by atoms with Gasteiger partial charge in [-0.05, 0) is 42.3 Å². The maximum Gasteiger partial charge on any atom is 0.311 e. The van der Waals surface area contributed by atoms with Crippen molar-refractivity contribution < 1.29 is 24.0 Å². The summed E-state index contributed by atoms with van der Waals surface area (Å²) in [7, 11) is 0. The summed E-state index contributed by atoms with van der Waals surface area (Å²) in [6.07, 6.45) is 1.17. The van der Waals surface area contributed by atoms with E-state index < -0.39 is 40.0 Å². The Morgan fingerprint density at radius 2 is 1.86 bits per heavy atom. The number of hydrogen-bond acceptors (Lipinski definition) is 6. The second-order valence-corrected chi connectivity index (χ2v) is 6.44. The summed E-state index contributed by atoms with van der Waals surface area (Å²) in [6.45, 7) is 3.45. The first-order valence-electron chi connectivity index (χ1n) is 8.55. The number of phenolic OH excluding ortho intramolecular Hbond substituents is 1. The van der Waals surface area contributed by atoms with Crippen LogP contribution < -0.4 is 10.7 Å². The Morgan fingerprint density at radius 1 is 1.21 bits per heavy atom. The van der Waals surface area contributed by atoms with Crippen molar-refractivity contribution in [1.29, 1.82) is 0 Å². The van der Waals surface area contributed by atoms with Crippen LogP contribution in [0.4, 0.5) is 10.1 Å². The third-order valence-corrected chi connectivity index (χ3v) is 3.93. The van der Waals surface area contributed by atoms with Gasteiger partial charge in [-0.2, -0.15) is 5.10 Å². The molecular formula is C19H19FN4O5. The molecule has 0 aliphatic rings. The molecule has 29 heavy (non-hydrogen) atoms. The highest BCUT2D eigenvalue weighted by Gasteiger charge is 2.24. The molecule has 0 radical (unpaired) electrons. The number of benzene rings is 2. The zero-order chi connectivity index (χ0) is 21.6. The number of phenols is 1. The first kappa shape index (κ1) is 21.5. The third-order valence-electron chi connectivity index (χ3n) is 3.93. The van der Waals surface area contributed by atoms with Crippen molar-refractivity contribution in [2.24, 2.45) is 11.0 Å². The van der Waals surface area contributed by atoms with Gasteiger partial charge in [-0.25, -0.2) is 9.82 Å². The molecule has 0 fully saturated rings. The van der Waals surface area contributed by atoms with Gasteiger partial charge in [0.05, 0.1) is 11.1 Å². The number of carbonyl (C=O) groups excluding carboxylic acids is 2. The highest BCUT2D eigenvalue weighted by molar-refractivity contribution is 5.97. The molecule has 3 N–H and O–H groups in total. The number of amides is 2. The number of halogens is 1. The largest absolute Gasteiger partial charge is 0.502 e. The van der Waals surface area contributed by atoms with Gasteiger partial charge in [0.15, 0.2) is 5.75 Å². The number of nitro groups is 1. The van der Waals surface area contributed by atoms with Crippen LogP contribution in [0.15, 0.2) is 47.6 Å². The molecule has 0 bridgehead atoms. The van der Waals surface area contributed by atoms with E-state index in [4.69, 9.17) is 0 Å². The lowest BCUT2D eigenvalue weighted by Crippen LogP contribution is -2.48. The molecule has 1 atom stereocenters. The standard InChI is InChI=1S/C19H19FN4O5/c1-11(2)17(22-18(26)13-4-6-14(20)7-5-13)19(27)23-21-10-12-3-8-16(25)15(9-12)24(28)29/h3-11,17,25H,1-2H3,(H,22,26)(H,23,27). The van der Waals surface area contributed by atoms with Crippen LogP contribution in [0.25, 0.3) is 0 Å². The van der Waals surface area contributed by atoms with Crippen molar-refractivity contribution in [2.75, 3.05) is 0 Å². The van der Waals surface area contributed by atoms with Gasteiger partial charge in [0, 0.05) is 17.2 Å². The van der Waals surface area contributed by atoms with E-state index in [1.807, 2.05) is 0 Å². The highest BCUT2D eigenvalue weighted by Crippen LogP contribution is 2.25. The van der Waals surface area contributed by atoms with E-state index in [1.165, 1.54) is 24.4 Å². The van der Waals surface area contributed by atoms with E-state index in [-0.39, 0.29) is 17.0 Å². The average Bonchev–Trinajstić information content (AvgIpc) is 2.67. The third kappa shape index (κ3) is 5.83. The lowest BCUT2D eigenvalue weighted by molar-refractivity contribution is -0.385. The molecular weight excluding hydrogens is 383 g/mol. The summed E-state index contributed by atoms with van der Waals surface area (Å²) in [5, 5.41) is 26.6. The lowest BCUT2D eigenvalue weighted by Gasteiger charge is -2.20. The van der Waals surface area contributed by atoms with E-state index in [1.54, 1.807) is 13.8 Å². The van der Waals surface area contributed by atoms with Gasteiger partial charge in [-0.3, -0.25) is 19.7 Å². The van der Waals surface area contributed by atoms with Gasteiger partial charge in [0.1, 0.15) is 11.9 Å². The smallest absolute Gasteiger partial charge is 0.311 e. The predicted octanol–water partition coefficient (Wildman–Crippen LogP) is 2.34. The van der Waals surface area contributed by atoms with Crippen molar-refractivity contribution in [3.63, 3.8) is 0 Å². The molecule has 0 aliphatic heterocycles. The summed E-state index contributed by atoms with van der Waals surface area (Å²) in [4.78, 5) is 34.7. The Labute approximate surface area is 165 Å². The van der Waals surface area contributed by atoms with Gasteiger partial charge in [0.25, 0.3) is 11.8 Å². The molecule has 2 rings (SSSR count). The first-order valence-corrected chi connectivity index (χ1v) is 8.55. The van der Waals surface area contributed by atoms with E-state index >= 15 is 0 Å². The Bertz CT molecular complexity index is 944. The Hall–Kier alpha value is -3.82. The molecule has 0 aliphatic carbocycles. The summed E-state index contributed by atoms with van der Waals surface area (Å²) in [5.74, 6) is -2.38. The normalized spacial score (nSPS) is 12.0. The minimum atomic E-state index is -0.918. The molecule has 0 aromatic heterocycles. The van der Waals surface area contributed by atoms with Crippen LogP contribution in [-0.4, -0.2) is 34.1 Å². The molecule has 10 heteroatoms. The number of hydrazone groups is 1. The Kier molecular flexibility index (Phi) is 6.96. The predicted molar refractivity (Wildman–Crippen MR) is 103 cm³/mol. The second-order valence-electron chi connectivity index (χ2n) is 6.44. The van der Waals surface area contributed by atoms with Gasteiger partial charge >= 0.3 is 5.69 Å². The molecule has 152 valence electrons. The minimum absolute atomic E-state index is 0.199. The van der Waals surface area contributed by atoms with Crippen molar-refractivity contribution in [2.45, 2.75) is 19.9 Å². The molecule has 2 amide bonds. The van der Waals surface area contributed by atoms with E-state index in [0.717, 1.165) is 24.3 Å². The maximum atomic E-state index is 13.0. The first-order chi connectivity index (χ1) is 13.7. The summed E-state index contributed by atoms with van der Waals surface area (Å²) in [6, 6.07) is 7.59. The zero-order valence-electron chi connectivity index (χ0n) is 15.6. The molecule has 2 aromatic carbocycles. The van der Waals surface area contributed by atoms with Crippen LogP contribution in [0.1, 0.15) is 29.8 Å². The summed E-state index contributed by atoms with van der Waals surface area (Å²) >= 11 is 0. The summed E-state index contributed by atoms with van der Waals surface area (Å²) in [5.41, 5.74) is 2.25. The highest BCUT2D eigenvalue weighted by atomic mass is 19.1. The average molecular weight is 402 g/mol. The van der Waals surface area contributed by atoms with E-state index in [2.05, 4.69) is 15.8 Å².